The number of rotatable bonds is 6. The SMILES string of the molecule is CNC(=O)CN(CC(=O)NC)S(=O)(=O)c1ccccc1. The number of sulfonamides is 1. The molecule has 0 aromatic heterocycles. The van der Waals surface area contributed by atoms with Gasteiger partial charge in [-0.15, -0.1) is 0 Å². The second-order valence-corrected chi connectivity index (χ2v) is 5.87. The molecule has 0 aliphatic carbocycles. The van der Waals surface area contributed by atoms with Gasteiger partial charge in [0.15, 0.2) is 0 Å². The summed E-state index contributed by atoms with van der Waals surface area (Å²) in [6.07, 6.45) is 0. The van der Waals surface area contributed by atoms with Crippen LogP contribution in [0.5, 0.6) is 0 Å². The number of carbonyl (C=O) groups is 2. The van der Waals surface area contributed by atoms with Gasteiger partial charge in [-0.25, -0.2) is 8.42 Å². The summed E-state index contributed by atoms with van der Waals surface area (Å²) in [4.78, 5) is 22.9. The Morgan fingerprint density at radius 1 is 1.00 bits per heavy atom. The lowest BCUT2D eigenvalue weighted by Crippen LogP contribution is -2.44. The van der Waals surface area contributed by atoms with Gasteiger partial charge in [0, 0.05) is 14.1 Å². The first kappa shape index (κ1) is 16.1. The Hall–Kier alpha value is -1.93. The molecule has 0 unspecified atom stereocenters. The molecule has 1 aromatic carbocycles. The van der Waals surface area contributed by atoms with E-state index in [0.29, 0.717) is 0 Å². The summed E-state index contributed by atoms with van der Waals surface area (Å²) >= 11 is 0. The topological polar surface area (TPSA) is 95.6 Å². The van der Waals surface area contributed by atoms with E-state index in [4.69, 9.17) is 0 Å². The van der Waals surface area contributed by atoms with Crippen LogP contribution in [0.25, 0.3) is 0 Å². The van der Waals surface area contributed by atoms with Crippen molar-refractivity contribution in [2.75, 3.05) is 27.2 Å². The number of carbonyl (C=O) groups excluding carboxylic acids is 2. The van der Waals surface area contributed by atoms with Gasteiger partial charge in [0.2, 0.25) is 21.8 Å². The van der Waals surface area contributed by atoms with Crippen molar-refractivity contribution in [3.05, 3.63) is 30.3 Å². The predicted octanol–water partition coefficient (Wildman–Crippen LogP) is -0.831. The van der Waals surface area contributed by atoms with Crippen molar-refractivity contribution in [1.82, 2.24) is 14.9 Å². The standard InChI is InChI=1S/C12H17N3O4S/c1-13-11(16)8-15(9-12(17)14-2)20(18,19)10-6-4-3-5-7-10/h3-7H,8-9H2,1-2H3,(H,13,16)(H,14,17). The molecule has 0 saturated heterocycles. The van der Waals surface area contributed by atoms with Crippen LogP contribution in [-0.4, -0.2) is 51.7 Å². The molecule has 0 fully saturated rings. The van der Waals surface area contributed by atoms with E-state index in [1.54, 1.807) is 18.2 Å². The van der Waals surface area contributed by atoms with Gasteiger partial charge in [-0.2, -0.15) is 4.31 Å². The van der Waals surface area contributed by atoms with Crippen LogP contribution in [0.3, 0.4) is 0 Å². The molecule has 2 N–H and O–H groups in total. The molecule has 0 spiro atoms. The average Bonchev–Trinajstić information content (AvgIpc) is 2.46. The first-order valence-corrected chi connectivity index (χ1v) is 7.32. The smallest absolute Gasteiger partial charge is 0.244 e. The monoisotopic (exact) mass is 299 g/mol. The van der Waals surface area contributed by atoms with E-state index in [0.717, 1.165) is 4.31 Å². The quantitative estimate of drug-likeness (QED) is 0.716. The third-order valence-corrected chi connectivity index (χ3v) is 4.38. The molecule has 2 amide bonds. The van der Waals surface area contributed by atoms with Crippen molar-refractivity contribution < 1.29 is 18.0 Å². The second kappa shape index (κ2) is 7.01. The first-order valence-electron chi connectivity index (χ1n) is 5.88. The third kappa shape index (κ3) is 4.04. The molecule has 1 aromatic rings. The highest BCUT2D eigenvalue weighted by atomic mass is 32.2. The van der Waals surface area contributed by atoms with Gasteiger partial charge in [-0.1, -0.05) is 18.2 Å². The molecule has 1 rings (SSSR count). The van der Waals surface area contributed by atoms with E-state index < -0.39 is 34.9 Å². The molecule has 0 bridgehead atoms. The molecule has 110 valence electrons. The highest BCUT2D eigenvalue weighted by Gasteiger charge is 2.27. The van der Waals surface area contributed by atoms with Gasteiger partial charge in [0.1, 0.15) is 0 Å². The predicted molar refractivity (Wildman–Crippen MR) is 73.3 cm³/mol. The zero-order valence-corrected chi connectivity index (χ0v) is 12.1. The number of nitrogens with zero attached hydrogens (tertiary/aromatic N) is 1. The fourth-order valence-electron chi connectivity index (χ4n) is 1.45. The van der Waals surface area contributed by atoms with Gasteiger partial charge in [0.25, 0.3) is 0 Å². The highest BCUT2D eigenvalue weighted by Crippen LogP contribution is 2.14. The van der Waals surface area contributed by atoms with Gasteiger partial charge in [-0.05, 0) is 12.1 Å². The van der Waals surface area contributed by atoms with Crippen LogP contribution in [0.15, 0.2) is 35.2 Å². The molecule has 20 heavy (non-hydrogen) atoms. The van der Waals surface area contributed by atoms with E-state index in [1.807, 2.05) is 0 Å². The molecule has 0 atom stereocenters. The van der Waals surface area contributed by atoms with Crippen molar-refractivity contribution in [3.8, 4) is 0 Å². The number of benzene rings is 1. The van der Waals surface area contributed by atoms with Crippen molar-refractivity contribution in [2.24, 2.45) is 0 Å². The summed E-state index contributed by atoms with van der Waals surface area (Å²) in [5, 5.41) is 4.67. The number of hydrogen-bond acceptors (Lipinski definition) is 4. The fourth-order valence-corrected chi connectivity index (χ4v) is 2.82. The minimum absolute atomic E-state index is 0.0350. The van der Waals surface area contributed by atoms with Crippen molar-refractivity contribution in [1.29, 1.82) is 0 Å². The van der Waals surface area contributed by atoms with Gasteiger partial charge >= 0.3 is 0 Å². The Labute approximate surface area is 118 Å². The Bertz CT molecular complexity index is 554. The van der Waals surface area contributed by atoms with Crippen LogP contribution in [0, 0.1) is 0 Å². The van der Waals surface area contributed by atoms with E-state index in [1.165, 1.54) is 26.2 Å². The lowest BCUT2D eigenvalue weighted by molar-refractivity contribution is -0.122. The second-order valence-electron chi connectivity index (χ2n) is 3.93. The summed E-state index contributed by atoms with van der Waals surface area (Å²) in [5.41, 5.74) is 0. The Morgan fingerprint density at radius 2 is 1.45 bits per heavy atom. The van der Waals surface area contributed by atoms with E-state index >= 15 is 0 Å². The number of likely N-dealkylation sites (N-methyl/N-ethyl adjacent to an activating group) is 2. The third-order valence-electron chi connectivity index (χ3n) is 2.58. The van der Waals surface area contributed by atoms with Crippen LogP contribution in [0.2, 0.25) is 0 Å². The number of hydrogen-bond donors (Lipinski definition) is 2. The molecule has 8 heteroatoms. The lowest BCUT2D eigenvalue weighted by Gasteiger charge is -2.20. The summed E-state index contributed by atoms with van der Waals surface area (Å²) < 4.78 is 25.6. The Balaban J connectivity index is 3.08. The highest BCUT2D eigenvalue weighted by molar-refractivity contribution is 7.89. The minimum Gasteiger partial charge on any atom is -0.358 e. The molecule has 0 saturated carbocycles. The number of amides is 2. The fraction of sp³-hybridized carbons (Fsp3) is 0.333. The maximum Gasteiger partial charge on any atom is 0.244 e. The van der Waals surface area contributed by atoms with Gasteiger partial charge < -0.3 is 10.6 Å². The maximum absolute atomic E-state index is 12.4. The lowest BCUT2D eigenvalue weighted by atomic mass is 10.4. The van der Waals surface area contributed by atoms with Crippen LogP contribution in [0.4, 0.5) is 0 Å². The number of nitrogens with one attached hydrogen (secondary N) is 2. The van der Waals surface area contributed by atoms with Crippen LogP contribution in [-0.2, 0) is 19.6 Å². The van der Waals surface area contributed by atoms with Crippen molar-refractivity contribution in [3.63, 3.8) is 0 Å². The van der Waals surface area contributed by atoms with Crippen LogP contribution in [0.1, 0.15) is 0 Å². The molecule has 7 nitrogen and oxygen atoms in total. The summed E-state index contributed by atoms with van der Waals surface area (Å²) in [6.45, 7) is -0.831. The van der Waals surface area contributed by atoms with E-state index in [9.17, 15) is 18.0 Å². The molecule has 0 heterocycles. The van der Waals surface area contributed by atoms with Crippen molar-refractivity contribution in [2.45, 2.75) is 4.90 Å². The van der Waals surface area contributed by atoms with Gasteiger partial charge in [0.05, 0.1) is 18.0 Å². The van der Waals surface area contributed by atoms with Crippen molar-refractivity contribution >= 4 is 21.8 Å². The maximum atomic E-state index is 12.4. The van der Waals surface area contributed by atoms with E-state index in [-0.39, 0.29) is 4.90 Å². The average molecular weight is 299 g/mol. The Morgan fingerprint density at radius 3 is 1.85 bits per heavy atom. The summed E-state index contributed by atoms with van der Waals surface area (Å²) in [5.74, 6) is -0.984. The summed E-state index contributed by atoms with van der Waals surface area (Å²) in [7, 11) is -1.10. The molecular formula is C12H17N3O4S. The molecule has 0 radical (unpaired) electrons. The molecule has 0 aliphatic heterocycles. The first-order chi connectivity index (χ1) is 9.41. The largest absolute Gasteiger partial charge is 0.358 e. The zero-order chi connectivity index (χ0) is 15.2. The van der Waals surface area contributed by atoms with Crippen LogP contribution >= 0.6 is 0 Å². The van der Waals surface area contributed by atoms with Gasteiger partial charge in [-0.3, -0.25) is 9.59 Å². The normalized spacial score (nSPS) is 11.2. The summed E-state index contributed by atoms with van der Waals surface area (Å²) in [6, 6.07) is 7.66. The molecular weight excluding hydrogens is 282 g/mol. The Kier molecular flexibility index (Phi) is 5.66. The van der Waals surface area contributed by atoms with E-state index in [2.05, 4.69) is 10.6 Å². The zero-order valence-electron chi connectivity index (χ0n) is 11.3. The molecule has 0 aliphatic rings. The van der Waals surface area contributed by atoms with Crippen LogP contribution < -0.4 is 10.6 Å². The minimum atomic E-state index is -3.90.